The third-order valence-electron chi connectivity index (χ3n) is 3.90. The molecule has 3 heterocycles. The number of nitrogens with zero attached hydrogens (tertiary/aromatic N) is 4. The Morgan fingerprint density at radius 3 is 2.92 bits per heavy atom. The van der Waals surface area contributed by atoms with Crippen LogP contribution in [0, 0.1) is 6.92 Å². The third-order valence-corrected chi connectivity index (χ3v) is 3.90. The first kappa shape index (κ1) is 16.2. The van der Waals surface area contributed by atoms with Gasteiger partial charge in [-0.3, -0.25) is 4.79 Å². The van der Waals surface area contributed by atoms with Crippen LogP contribution in [0.25, 0.3) is 0 Å². The Kier molecular flexibility index (Phi) is 4.59. The highest BCUT2D eigenvalue weighted by Gasteiger charge is 2.35. The first-order valence-electron chi connectivity index (χ1n) is 7.69. The molecule has 0 aromatic carbocycles. The molecule has 9 heteroatoms. The summed E-state index contributed by atoms with van der Waals surface area (Å²) in [5.41, 5.74) is 0.448. The van der Waals surface area contributed by atoms with Gasteiger partial charge >= 0.3 is 6.01 Å². The van der Waals surface area contributed by atoms with E-state index in [1.165, 1.54) is 6.20 Å². The fourth-order valence-corrected chi connectivity index (χ4v) is 2.68. The third kappa shape index (κ3) is 3.44. The zero-order chi connectivity index (χ0) is 17.1. The first-order valence-corrected chi connectivity index (χ1v) is 7.69. The minimum atomic E-state index is -0.990. The summed E-state index contributed by atoms with van der Waals surface area (Å²) in [5, 5.41) is 13.4. The maximum Gasteiger partial charge on any atom is 0.318 e. The Labute approximate surface area is 138 Å². The summed E-state index contributed by atoms with van der Waals surface area (Å²) >= 11 is 0. The highest BCUT2D eigenvalue weighted by molar-refractivity contribution is 5.94. The van der Waals surface area contributed by atoms with E-state index in [9.17, 15) is 9.18 Å². The molecule has 2 aromatic rings. The topological polar surface area (TPSA) is 96.2 Å². The van der Waals surface area contributed by atoms with Crippen molar-refractivity contribution in [3.05, 3.63) is 29.8 Å². The maximum absolute atomic E-state index is 13.8. The van der Waals surface area contributed by atoms with Gasteiger partial charge in [0, 0.05) is 33.1 Å². The largest absolute Gasteiger partial charge is 0.408 e. The van der Waals surface area contributed by atoms with Gasteiger partial charge in [0.25, 0.3) is 5.91 Å². The molecule has 128 valence electrons. The van der Waals surface area contributed by atoms with E-state index in [1.807, 2.05) is 0 Å². The number of nitrogens with one attached hydrogen (secondary N) is 2. The molecule has 2 atom stereocenters. The van der Waals surface area contributed by atoms with Gasteiger partial charge in [0.2, 0.25) is 5.89 Å². The van der Waals surface area contributed by atoms with Crippen molar-refractivity contribution in [1.29, 1.82) is 0 Å². The normalized spacial score (nSPS) is 20.2. The van der Waals surface area contributed by atoms with E-state index in [1.54, 1.807) is 31.0 Å². The van der Waals surface area contributed by atoms with E-state index in [0.29, 0.717) is 23.7 Å². The average Bonchev–Trinajstić information content (AvgIpc) is 3.18. The van der Waals surface area contributed by atoms with Gasteiger partial charge < -0.3 is 20.0 Å². The number of hydrogen-bond donors (Lipinski definition) is 2. The van der Waals surface area contributed by atoms with Crippen LogP contribution in [-0.2, 0) is 0 Å². The second-order valence-corrected chi connectivity index (χ2v) is 5.63. The van der Waals surface area contributed by atoms with Crippen molar-refractivity contribution in [2.45, 2.75) is 25.6 Å². The second-order valence-electron chi connectivity index (χ2n) is 5.63. The first-order chi connectivity index (χ1) is 11.6. The number of rotatable bonds is 5. The van der Waals surface area contributed by atoms with Gasteiger partial charge in [0.15, 0.2) is 0 Å². The Bertz CT molecular complexity index is 704. The van der Waals surface area contributed by atoms with Crippen LogP contribution in [0.15, 0.2) is 22.7 Å². The SMILES string of the molecule is CNc1ccc(C(=O)NC[C@@H]2C[C@H](F)CN2c2nnc(C)o2)cn1. The minimum Gasteiger partial charge on any atom is -0.408 e. The molecule has 2 aromatic heterocycles. The van der Waals surface area contributed by atoms with Crippen molar-refractivity contribution in [2.24, 2.45) is 0 Å². The van der Waals surface area contributed by atoms with Crippen molar-refractivity contribution in [1.82, 2.24) is 20.5 Å². The van der Waals surface area contributed by atoms with Crippen LogP contribution in [-0.4, -0.2) is 53.4 Å². The number of carbonyl (C=O) groups is 1. The molecule has 0 aliphatic carbocycles. The molecule has 2 N–H and O–H groups in total. The molecule has 0 saturated carbocycles. The van der Waals surface area contributed by atoms with Crippen LogP contribution >= 0.6 is 0 Å². The number of aryl methyl sites for hydroxylation is 1. The highest BCUT2D eigenvalue weighted by atomic mass is 19.1. The molecule has 8 nitrogen and oxygen atoms in total. The van der Waals surface area contributed by atoms with Gasteiger partial charge in [-0.2, -0.15) is 0 Å². The highest BCUT2D eigenvalue weighted by Crippen LogP contribution is 2.25. The lowest BCUT2D eigenvalue weighted by molar-refractivity contribution is 0.0950. The van der Waals surface area contributed by atoms with Crippen LogP contribution in [0.4, 0.5) is 16.2 Å². The van der Waals surface area contributed by atoms with Crippen LogP contribution in [0.5, 0.6) is 0 Å². The Hall–Kier alpha value is -2.71. The number of amides is 1. The molecule has 1 aliphatic heterocycles. The van der Waals surface area contributed by atoms with E-state index in [4.69, 9.17) is 4.42 Å². The summed E-state index contributed by atoms with van der Waals surface area (Å²) in [4.78, 5) is 18.0. The number of aromatic nitrogens is 3. The number of halogens is 1. The van der Waals surface area contributed by atoms with Crippen LogP contribution in [0.1, 0.15) is 22.7 Å². The Morgan fingerprint density at radius 1 is 1.46 bits per heavy atom. The molecule has 1 amide bonds. The summed E-state index contributed by atoms with van der Waals surface area (Å²) in [5.74, 6) is 0.848. The second kappa shape index (κ2) is 6.81. The van der Waals surface area contributed by atoms with E-state index < -0.39 is 6.17 Å². The van der Waals surface area contributed by atoms with Crippen LogP contribution in [0.2, 0.25) is 0 Å². The molecule has 0 radical (unpaired) electrons. The molecule has 0 unspecified atom stereocenters. The summed E-state index contributed by atoms with van der Waals surface area (Å²) in [6.07, 6.45) is 0.807. The molecular formula is C15H19FN6O2. The van der Waals surface area contributed by atoms with Crippen LogP contribution < -0.4 is 15.5 Å². The minimum absolute atomic E-state index is 0.181. The fourth-order valence-electron chi connectivity index (χ4n) is 2.68. The Morgan fingerprint density at radius 2 is 2.29 bits per heavy atom. The predicted octanol–water partition coefficient (Wildman–Crippen LogP) is 1.16. The van der Waals surface area contributed by atoms with Gasteiger partial charge in [-0.05, 0) is 12.1 Å². The van der Waals surface area contributed by atoms with Crippen molar-refractivity contribution in [3.8, 4) is 0 Å². The molecule has 1 aliphatic rings. The molecular weight excluding hydrogens is 315 g/mol. The van der Waals surface area contributed by atoms with Gasteiger partial charge in [0.1, 0.15) is 12.0 Å². The summed E-state index contributed by atoms with van der Waals surface area (Å²) < 4.78 is 19.2. The lowest BCUT2D eigenvalue weighted by Crippen LogP contribution is -2.40. The van der Waals surface area contributed by atoms with E-state index in [-0.39, 0.29) is 31.1 Å². The molecule has 0 spiro atoms. The standard InChI is InChI=1S/C15H19FN6O2/c1-9-20-21-15(24-9)22-8-11(16)5-12(22)7-19-14(23)10-3-4-13(17-2)18-6-10/h3-4,6,11-12H,5,7-8H2,1-2H3,(H,17,18)(H,19,23)/t11-,12-/m0/s1. The van der Waals surface area contributed by atoms with Gasteiger partial charge in [-0.25, -0.2) is 9.37 Å². The molecule has 0 bridgehead atoms. The van der Waals surface area contributed by atoms with Crippen molar-refractivity contribution in [3.63, 3.8) is 0 Å². The lowest BCUT2D eigenvalue weighted by atomic mass is 10.2. The number of alkyl halides is 1. The number of anilines is 2. The van der Waals surface area contributed by atoms with E-state index >= 15 is 0 Å². The van der Waals surface area contributed by atoms with Crippen molar-refractivity contribution >= 4 is 17.7 Å². The molecule has 3 rings (SSSR count). The van der Waals surface area contributed by atoms with Gasteiger partial charge in [-0.1, -0.05) is 5.10 Å². The quantitative estimate of drug-likeness (QED) is 0.847. The zero-order valence-electron chi connectivity index (χ0n) is 13.5. The smallest absolute Gasteiger partial charge is 0.318 e. The number of hydrogen-bond acceptors (Lipinski definition) is 7. The molecule has 1 saturated heterocycles. The van der Waals surface area contributed by atoms with E-state index in [0.717, 1.165) is 0 Å². The summed E-state index contributed by atoms with van der Waals surface area (Å²) in [7, 11) is 1.75. The molecule has 24 heavy (non-hydrogen) atoms. The van der Waals surface area contributed by atoms with E-state index in [2.05, 4.69) is 25.8 Å². The lowest BCUT2D eigenvalue weighted by Gasteiger charge is -2.22. The number of carbonyl (C=O) groups excluding carboxylic acids is 1. The predicted molar refractivity (Wildman–Crippen MR) is 85.8 cm³/mol. The van der Waals surface area contributed by atoms with Gasteiger partial charge in [-0.15, -0.1) is 5.10 Å². The Balaban J connectivity index is 1.62. The van der Waals surface area contributed by atoms with Crippen molar-refractivity contribution < 1.29 is 13.6 Å². The van der Waals surface area contributed by atoms with Gasteiger partial charge in [0.05, 0.1) is 18.2 Å². The van der Waals surface area contributed by atoms with Crippen molar-refractivity contribution in [2.75, 3.05) is 30.4 Å². The molecule has 1 fully saturated rings. The summed E-state index contributed by atoms with van der Waals surface area (Å²) in [6, 6.07) is 3.45. The zero-order valence-corrected chi connectivity index (χ0v) is 13.5. The average molecular weight is 334 g/mol. The fraction of sp³-hybridized carbons (Fsp3) is 0.467. The number of pyridine rings is 1. The summed E-state index contributed by atoms with van der Waals surface area (Å²) in [6.45, 7) is 2.15. The van der Waals surface area contributed by atoms with Crippen LogP contribution in [0.3, 0.4) is 0 Å². The maximum atomic E-state index is 13.8. The monoisotopic (exact) mass is 334 g/mol.